The highest BCUT2D eigenvalue weighted by Crippen LogP contribution is 2.17. The second-order valence-corrected chi connectivity index (χ2v) is 7.12. The minimum atomic E-state index is -0.293. The van der Waals surface area contributed by atoms with Crippen molar-refractivity contribution in [2.24, 2.45) is 0 Å². The lowest BCUT2D eigenvalue weighted by molar-refractivity contribution is -0.144. The number of amides is 2. The van der Waals surface area contributed by atoms with Gasteiger partial charge in [-0.05, 0) is 31.9 Å². The molecule has 1 unspecified atom stereocenters. The van der Waals surface area contributed by atoms with Crippen molar-refractivity contribution < 1.29 is 19.1 Å². The molecule has 1 atom stereocenters. The van der Waals surface area contributed by atoms with Crippen LogP contribution in [-0.4, -0.2) is 69.5 Å². The lowest BCUT2D eigenvalue weighted by atomic mass is 10.0. The molecular weight excluding hydrogens is 376 g/mol. The van der Waals surface area contributed by atoms with Crippen LogP contribution >= 0.6 is 0 Å². The van der Waals surface area contributed by atoms with Crippen LogP contribution in [0.2, 0.25) is 0 Å². The third-order valence-corrected chi connectivity index (χ3v) is 4.74. The molecule has 0 bridgehead atoms. The molecule has 2 aromatic heterocycles. The molecule has 1 aliphatic rings. The summed E-state index contributed by atoms with van der Waals surface area (Å²) in [5.41, 5.74) is 1.15. The van der Waals surface area contributed by atoms with Crippen LogP contribution in [-0.2, 0) is 16.1 Å². The van der Waals surface area contributed by atoms with Gasteiger partial charge in [-0.25, -0.2) is 9.67 Å². The molecule has 10 nitrogen and oxygen atoms in total. The summed E-state index contributed by atoms with van der Waals surface area (Å²) >= 11 is 0. The Bertz CT molecular complexity index is 853. The zero-order valence-corrected chi connectivity index (χ0v) is 16.9. The predicted molar refractivity (Wildman–Crippen MR) is 103 cm³/mol. The maximum atomic E-state index is 12.4. The quantitative estimate of drug-likeness (QED) is 0.661. The number of carbonyl (C=O) groups is 2. The molecule has 0 radical (unpaired) electrons. The molecule has 156 valence electrons. The van der Waals surface area contributed by atoms with E-state index in [-0.39, 0.29) is 36.2 Å². The van der Waals surface area contributed by atoms with Gasteiger partial charge < -0.3 is 19.7 Å². The smallest absolute Gasteiger partial charge is 0.273 e. The molecule has 0 spiro atoms. The first-order chi connectivity index (χ1) is 14.0. The van der Waals surface area contributed by atoms with E-state index in [9.17, 15) is 9.59 Å². The number of hydrogen-bond donors (Lipinski definition) is 1. The highest BCUT2D eigenvalue weighted by Gasteiger charge is 2.32. The summed E-state index contributed by atoms with van der Waals surface area (Å²) in [4.78, 5) is 30.3. The zero-order valence-electron chi connectivity index (χ0n) is 16.9. The molecule has 2 aromatic rings. The molecule has 10 heteroatoms. The van der Waals surface area contributed by atoms with E-state index in [1.54, 1.807) is 35.2 Å². The maximum Gasteiger partial charge on any atom is 0.273 e. The van der Waals surface area contributed by atoms with E-state index in [2.05, 4.69) is 20.6 Å². The van der Waals surface area contributed by atoms with Gasteiger partial charge in [-0.1, -0.05) is 5.21 Å². The Morgan fingerprint density at radius 1 is 1.38 bits per heavy atom. The van der Waals surface area contributed by atoms with Crippen molar-refractivity contribution in [2.45, 2.75) is 39.0 Å². The van der Waals surface area contributed by atoms with Gasteiger partial charge in [0.15, 0.2) is 5.69 Å². The van der Waals surface area contributed by atoms with Crippen LogP contribution < -0.4 is 10.1 Å². The van der Waals surface area contributed by atoms with Crippen molar-refractivity contribution in [3.8, 4) is 5.88 Å². The van der Waals surface area contributed by atoms with Crippen LogP contribution in [0, 0.1) is 0 Å². The first kappa shape index (κ1) is 20.7. The van der Waals surface area contributed by atoms with Crippen molar-refractivity contribution in [1.29, 1.82) is 0 Å². The van der Waals surface area contributed by atoms with E-state index in [0.29, 0.717) is 25.6 Å². The van der Waals surface area contributed by atoms with E-state index >= 15 is 0 Å². The summed E-state index contributed by atoms with van der Waals surface area (Å²) in [7, 11) is 1.55. The Labute approximate surface area is 169 Å². The van der Waals surface area contributed by atoms with E-state index < -0.39 is 0 Å². The number of hydrogen-bond acceptors (Lipinski definition) is 7. The monoisotopic (exact) mass is 402 g/mol. The van der Waals surface area contributed by atoms with Crippen LogP contribution in [0.5, 0.6) is 5.88 Å². The third kappa shape index (κ3) is 5.29. The van der Waals surface area contributed by atoms with Crippen molar-refractivity contribution in [3.63, 3.8) is 0 Å². The standard InChI is InChI=1S/C19H26N6O4/c1-13(2)25-10-16(22-23-25)19(27)21-9-15-5-7-24(15)18(26)12-29-11-14-4-6-20-17(8-14)28-3/h4,6,8,10,13,15H,5,7,9,11-12H2,1-3H3,(H,21,27). The minimum absolute atomic E-state index is 0.0161. The fourth-order valence-corrected chi connectivity index (χ4v) is 2.91. The summed E-state index contributed by atoms with van der Waals surface area (Å²) in [5.74, 6) is 0.116. The summed E-state index contributed by atoms with van der Waals surface area (Å²) in [6.07, 6.45) is 4.09. The molecule has 2 amide bonds. The van der Waals surface area contributed by atoms with Crippen LogP contribution in [0.1, 0.15) is 42.4 Å². The molecular formula is C19H26N6O4. The number of nitrogens with zero attached hydrogens (tertiary/aromatic N) is 5. The number of likely N-dealkylation sites (tertiary alicyclic amines) is 1. The largest absolute Gasteiger partial charge is 0.481 e. The SMILES string of the molecule is COc1cc(COCC(=O)N2CCC2CNC(=O)c2cn(C(C)C)nn2)ccn1. The number of pyridine rings is 1. The molecule has 0 aliphatic carbocycles. The van der Waals surface area contributed by atoms with Crippen molar-refractivity contribution in [2.75, 3.05) is 26.8 Å². The van der Waals surface area contributed by atoms with Gasteiger partial charge in [0.2, 0.25) is 11.8 Å². The van der Waals surface area contributed by atoms with Gasteiger partial charge in [-0.15, -0.1) is 5.10 Å². The van der Waals surface area contributed by atoms with Gasteiger partial charge in [0, 0.05) is 31.4 Å². The Balaban J connectivity index is 1.41. The fraction of sp³-hybridized carbons (Fsp3) is 0.526. The Morgan fingerprint density at radius 3 is 2.86 bits per heavy atom. The molecule has 1 saturated heterocycles. The maximum absolute atomic E-state index is 12.4. The molecule has 1 fully saturated rings. The van der Waals surface area contributed by atoms with Crippen LogP contribution in [0.3, 0.4) is 0 Å². The van der Waals surface area contributed by atoms with Gasteiger partial charge in [-0.3, -0.25) is 9.59 Å². The topological polar surface area (TPSA) is 111 Å². The lowest BCUT2D eigenvalue weighted by Crippen LogP contribution is -2.56. The van der Waals surface area contributed by atoms with Gasteiger partial charge >= 0.3 is 0 Å². The second-order valence-electron chi connectivity index (χ2n) is 7.12. The summed E-state index contributed by atoms with van der Waals surface area (Å²) in [6.45, 7) is 5.24. The normalized spacial score (nSPS) is 15.9. The summed E-state index contributed by atoms with van der Waals surface area (Å²) in [6, 6.07) is 3.68. The average Bonchev–Trinajstić information content (AvgIpc) is 3.18. The van der Waals surface area contributed by atoms with Gasteiger partial charge in [0.25, 0.3) is 5.91 Å². The van der Waals surface area contributed by atoms with E-state index in [1.807, 2.05) is 19.9 Å². The number of ether oxygens (including phenoxy) is 2. The Kier molecular flexibility index (Phi) is 6.76. The van der Waals surface area contributed by atoms with Gasteiger partial charge in [0.1, 0.15) is 6.61 Å². The first-order valence-electron chi connectivity index (χ1n) is 9.54. The molecule has 0 saturated carbocycles. The number of nitrogens with one attached hydrogen (secondary N) is 1. The Morgan fingerprint density at radius 2 is 2.21 bits per heavy atom. The van der Waals surface area contributed by atoms with E-state index in [4.69, 9.17) is 9.47 Å². The minimum Gasteiger partial charge on any atom is -0.481 e. The Hall–Kier alpha value is -3.01. The average molecular weight is 402 g/mol. The van der Waals surface area contributed by atoms with Crippen molar-refractivity contribution in [3.05, 3.63) is 35.8 Å². The van der Waals surface area contributed by atoms with Crippen LogP contribution in [0.4, 0.5) is 0 Å². The van der Waals surface area contributed by atoms with E-state index in [0.717, 1.165) is 12.0 Å². The molecule has 1 N–H and O–H groups in total. The van der Waals surface area contributed by atoms with E-state index in [1.165, 1.54) is 0 Å². The van der Waals surface area contributed by atoms with Crippen molar-refractivity contribution >= 4 is 11.8 Å². The second kappa shape index (κ2) is 9.46. The molecule has 29 heavy (non-hydrogen) atoms. The predicted octanol–water partition coefficient (Wildman–Crippen LogP) is 0.810. The number of rotatable bonds is 9. The third-order valence-electron chi connectivity index (χ3n) is 4.74. The zero-order chi connectivity index (χ0) is 20.8. The highest BCUT2D eigenvalue weighted by molar-refractivity contribution is 5.91. The molecule has 0 aromatic carbocycles. The molecule has 3 rings (SSSR count). The van der Waals surface area contributed by atoms with Gasteiger partial charge in [0.05, 0.1) is 26.0 Å². The fourth-order valence-electron chi connectivity index (χ4n) is 2.91. The highest BCUT2D eigenvalue weighted by atomic mass is 16.5. The van der Waals surface area contributed by atoms with Crippen LogP contribution in [0.15, 0.2) is 24.5 Å². The van der Waals surface area contributed by atoms with Crippen LogP contribution in [0.25, 0.3) is 0 Å². The number of carbonyl (C=O) groups excluding carboxylic acids is 2. The number of methoxy groups -OCH3 is 1. The van der Waals surface area contributed by atoms with Crippen molar-refractivity contribution in [1.82, 2.24) is 30.2 Å². The van der Waals surface area contributed by atoms with Gasteiger partial charge in [-0.2, -0.15) is 0 Å². The summed E-state index contributed by atoms with van der Waals surface area (Å²) < 4.78 is 12.2. The summed E-state index contributed by atoms with van der Waals surface area (Å²) in [5, 5.41) is 10.6. The lowest BCUT2D eigenvalue weighted by Gasteiger charge is -2.41. The first-order valence-corrected chi connectivity index (χ1v) is 9.54. The molecule has 3 heterocycles. The number of aromatic nitrogens is 4. The molecule has 1 aliphatic heterocycles.